The molecule has 2 amide bonds. The maximum Gasteiger partial charge on any atom is 0.339 e. The number of hydrogen-bond donors (Lipinski definition) is 3. The van der Waals surface area contributed by atoms with Gasteiger partial charge in [-0.3, -0.25) is 20.4 Å². The molecule has 8 heteroatoms. The van der Waals surface area contributed by atoms with Crippen LogP contribution in [0.5, 0.6) is 0 Å². The summed E-state index contributed by atoms with van der Waals surface area (Å²) in [5.74, 6) is -2.74. The number of aryl methyl sites for hydroxylation is 1. The van der Waals surface area contributed by atoms with Crippen molar-refractivity contribution < 1.29 is 23.5 Å². The zero-order valence-electron chi connectivity index (χ0n) is 13.3. The van der Waals surface area contributed by atoms with Gasteiger partial charge in [0.05, 0.1) is 18.2 Å². The Morgan fingerprint density at radius 3 is 2.33 bits per heavy atom. The lowest BCUT2D eigenvalue weighted by molar-refractivity contribution is 0.0599. The molecule has 0 aliphatic rings. The molecule has 0 saturated heterocycles. The average Bonchev–Trinajstić information content (AvgIpc) is 2.86. The fourth-order valence-corrected chi connectivity index (χ4v) is 2.27. The second-order valence-corrected chi connectivity index (χ2v) is 5.00. The molecule has 1 aromatic heterocycles. The number of rotatable bonds is 3. The lowest BCUT2D eigenvalue weighted by Crippen LogP contribution is -2.42. The standard InChI is InChI=1S/C16H16FN3O4/c1-8-12(16(23)24-3)9(2)18-13(8)15(22)20-19-14(21)10-6-4-5-7-11(10)17/h4-7,18H,1-3H3,(H,19,21)(H,20,22). The molecule has 0 radical (unpaired) electrons. The van der Waals surface area contributed by atoms with Crippen LogP contribution in [0.3, 0.4) is 0 Å². The van der Waals surface area contributed by atoms with E-state index in [0.717, 1.165) is 6.07 Å². The smallest absolute Gasteiger partial charge is 0.339 e. The molecule has 24 heavy (non-hydrogen) atoms. The van der Waals surface area contributed by atoms with Crippen LogP contribution in [0.4, 0.5) is 4.39 Å². The van der Waals surface area contributed by atoms with E-state index in [4.69, 9.17) is 0 Å². The molecule has 2 rings (SSSR count). The Balaban J connectivity index is 2.13. The van der Waals surface area contributed by atoms with Crippen molar-refractivity contribution in [1.82, 2.24) is 15.8 Å². The number of hydrogen-bond acceptors (Lipinski definition) is 4. The molecule has 126 valence electrons. The number of esters is 1. The van der Waals surface area contributed by atoms with E-state index < -0.39 is 23.6 Å². The summed E-state index contributed by atoms with van der Waals surface area (Å²) in [6.45, 7) is 3.19. The Labute approximate surface area is 137 Å². The van der Waals surface area contributed by atoms with Crippen molar-refractivity contribution in [2.75, 3.05) is 7.11 Å². The average molecular weight is 333 g/mol. The number of carbonyl (C=O) groups excluding carboxylic acids is 3. The Kier molecular flexibility index (Phi) is 4.98. The molecule has 0 atom stereocenters. The van der Waals surface area contributed by atoms with Gasteiger partial charge in [0.2, 0.25) is 0 Å². The van der Waals surface area contributed by atoms with E-state index in [1.54, 1.807) is 13.8 Å². The van der Waals surface area contributed by atoms with E-state index in [1.807, 2.05) is 0 Å². The first-order valence-electron chi connectivity index (χ1n) is 6.99. The lowest BCUT2D eigenvalue weighted by Gasteiger charge is -2.08. The minimum absolute atomic E-state index is 0.0988. The highest BCUT2D eigenvalue weighted by molar-refractivity contribution is 6.02. The highest BCUT2D eigenvalue weighted by Gasteiger charge is 2.23. The van der Waals surface area contributed by atoms with E-state index in [0.29, 0.717) is 11.3 Å². The summed E-state index contributed by atoms with van der Waals surface area (Å²) in [6.07, 6.45) is 0. The third-order valence-corrected chi connectivity index (χ3v) is 3.46. The van der Waals surface area contributed by atoms with Crippen molar-refractivity contribution in [1.29, 1.82) is 0 Å². The summed E-state index contributed by atoms with van der Waals surface area (Å²) in [5.41, 5.74) is 5.30. The number of methoxy groups -OCH3 is 1. The van der Waals surface area contributed by atoms with Crippen LogP contribution in [0.15, 0.2) is 24.3 Å². The van der Waals surface area contributed by atoms with Crippen molar-refractivity contribution in [2.45, 2.75) is 13.8 Å². The maximum atomic E-state index is 13.5. The summed E-state index contributed by atoms with van der Waals surface area (Å²) in [6, 6.07) is 5.37. The van der Waals surface area contributed by atoms with Crippen molar-refractivity contribution in [2.24, 2.45) is 0 Å². The van der Waals surface area contributed by atoms with Gasteiger partial charge < -0.3 is 9.72 Å². The maximum absolute atomic E-state index is 13.5. The Hall–Kier alpha value is -3.16. The fourth-order valence-electron chi connectivity index (χ4n) is 2.27. The summed E-state index contributed by atoms with van der Waals surface area (Å²) in [4.78, 5) is 38.5. The van der Waals surface area contributed by atoms with E-state index >= 15 is 0 Å². The lowest BCUT2D eigenvalue weighted by atomic mass is 10.1. The van der Waals surface area contributed by atoms with Gasteiger partial charge in [-0.15, -0.1) is 0 Å². The number of aromatic amines is 1. The summed E-state index contributed by atoms with van der Waals surface area (Å²) >= 11 is 0. The predicted octanol–water partition coefficient (Wildman–Crippen LogP) is 1.63. The van der Waals surface area contributed by atoms with E-state index in [1.165, 1.54) is 25.3 Å². The van der Waals surface area contributed by atoms with Gasteiger partial charge in [-0.25, -0.2) is 9.18 Å². The molecular weight excluding hydrogens is 317 g/mol. The first-order valence-corrected chi connectivity index (χ1v) is 6.99. The van der Waals surface area contributed by atoms with Crippen molar-refractivity contribution >= 4 is 17.8 Å². The second-order valence-electron chi connectivity index (χ2n) is 5.00. The number of halogens is 1. The minimum Gasteiger partial charge on any atom is -0.465 e. The zero-order valence-corrected chi connectivity index (χ0v) is 13.3. The molecule has 7 nitrogen and oxygen atoms in total. The molecule has 0 aliphatic carbocycles. The van der Waals surface area contributed by atoms with Gasteiger partial charge >= 0.3 is 5.97 Å². The number of benzene rings is 1. The van der Waals surface area contributed by atoms with Crippen molar-refractivity contribution in [3.63, 3.8) is 0 Å². The molecule has 0 saturated carbocycles. The van der Waals surface area contributed by atoms with Crippen LogP contribution in [0.2, 0.25) is 0 Å². The summed E-state index contributed by atoms with van der Waals surface area (Å²) in [7, 11) is 1.24. The number of nitrogens with one attached hydrogen (secondary N) is 3. The number of H-pyrrole nitrogens is 1. The van der Waals surface area contributed by atoms with Crippen molar-refractivity contribution in [3.05, 3.63) is 58.2 Å². The molecule has 3 N–H and O–H groups in total. The van der Waals surface area contributed by atoms with Crippen LogP contribution in [0.1, 0.15) is 42.5 Å². The molecule has 2 aromatic rings. The van der Waals surface area contributed by atoms with E-state index in [-0.39, 0.29) is 16.8 Å². The normalized spacial score (nSPS) is 10.2. The third kappa shape index (κ3) is 3.27. The number of hydrazine groups is 1. The monoisotopic (exact) mass is 333 g/mol. The molecule has 0 bridgehead atoms. The number of carbonyl (C=O) groups is 3. The molecular formula is C16H16FN3O4. The zero-order chi connectivity index (χ0) is 17.9. The van der Waals surface area contributed by atoms with Gasteiger partial charge in [-0.2, -0.15) is 0 Å². The van der Waals surface area contributed by atoms with Gasteiger partial charge in [-0.1, -0.05) is 12.1 Å². The SMILES string of the molecule is COC(=O)c1c(C)[nH]c(C(=O)NNC(=O)c2ccccc2F)c1C. The highest BCUT2D eigenvalue weighted by Crippen LogP contribution is 2.18. The van der Waals surface area contributed by atoms with E-state index in [2.05, 4.69) is 20.6 Å². The third-order valence-electron chi connectivity index (χ3n) is 3.46. The second kappa shape index (κ2) is 6.95. The molecule has 0 spiro atoms. The predicted molar refractivity (Wildman–Crippen MR) is 82.9 cm³/mol. The van der Waals surface area contributed by atoms with Crippen molar-refractivity contribution in [3.8, 4) is 0 Å². The highest BCUT2D eigenvalue weighted by atomic mass is 19.1. The fraction of sp³-hybridized carbons (Fsp3) is 0.188. The first kappa shape index (κ1) is 17.2. The molecule has 0 unspecified atom stereocenters. The summed E-state index contributed by atoms with van der Waals surface area (Å²) < 4.78 is 18.2. The molecule has 1 heterocycles. The quantitative estimate of drug-likeness (QED) is 0.587. The van der Waals surface area contributed by atoms with Crippen LogP contribution in [-0.4, -0.2) is 29.9 Å². The largest absolute Gasteiger partial charge is 0.465 e. The minimum atomic E-state index is -0.796. The molecule has 0 fully saturated rings. The van der Waals surface area contributed by atoms with Gasteiger partial charge in [0.1, 0.15) is 11.5 Å². The Morgan fingerprint density at radius 1 is 1.08 bits per heavy atom. The van der Waals surface area contributed by atoms with Crippen LogP contribution in [-0.2, 0) is 4.74 Å². The van der Waals surface area contributed by atoms with Crippen LogP contribution in [0.25, 0.3) is 0 Å². The topological polar surface area (TPSA) is 100 Å². The first-order chi connectivity index (χ1) is 11.4. The molecule has 0 aliphatic heterocycles. The Morgan fingerprint density at radius 2 is 1.71 bits per heavy atom. The van der Waals surface area contributed by atoms with E-state index in [9.17, 15) is 18.8 Å². The number of aromatic nitrogens is 1. The van der Waals surface area contributed by atoms with Gasteiger partial charge in [0.15, 0.2) is 0 Å². The van der Waals surface area contributed by atoms with Gasteiger partial charge in [0.25, 0.3) is 11.8 Å². The van der Waals surface area contributed by atoms with Gasteiger partial charge in [-0.05, 0) is 31.5 Å². The number of ether oxygens (including phenoxy) is 1. The van der Waals surface area contributed by atoms with Gasteiger partial charge in [0, 0.05) is 5.69 Å². The van der Waals surface area contributed by atoms with Crippen LogP contribution < -0.4 is 10.9 Å². The van der Waals surface area contributed by atoms with Crippen LogP contribution in [0, 0.1) is 19.7 Å². The number of amides is 2. The summed E-state index contributed by atoms with van der Waals surface area (Å²) in [5, 5.41) is 0. The molecule has 1 aromatic carbocycles. The Bertz CT molecular complexity index is 814. The van der Waals surface area contributed by atoms with Crippen LogP contribution >= 0.6 is 0 Å².